The lowest BCUT2D eigenvalue weighted by Gasteiger charge is -2.01. The largest absolute Gasteiger partial charge is 0.497 e. The van der Waals surface area contributed by atoms with Gasteiger partial charge in [-0.05, 0) is 29.8 Å². The van der Waals surface area contributed by atoms with Crippen LogP contribution in [0.25, 0.3) is 0 Å². The van der Waals surface area contributed by atoms with Gasteiger partial charge in [0.15, 0.2) is 0 Å². The van der Waals surface area contributed by atoms with Gasteiger partial charge >= 0.3 is 0 Å². The molecule has 0 amide bonds. The quantitative estimate of drug-likeness (QED) is 0.607. The molecule has 2 aromatic carbocycles. The molecule has 0 aliphatic carbocycles. The molecule has 0 atom stereocenters. The maximum atomic E-state index is 5.57. The summed E-state index contributed by atoms with van der Waals surface area (Å²) in [5.41, 5.74) is 2.18. The summed E-state index contributed by atoms with van der Waals surface area (Å²) < 4.78 is 10.7. The highest BCUT2D eigenvalue weighted by atomic mass is 16.5. The topological polar surface area (TPSA) is 18.5 Å². The summed E-state index contributed by atoms with van der Waals surface area (Å²) in [7, 11) is 1.66. The average Bonchev–Trinajstić information content (AvgIpc) is 2.52. The van der Waals surface area contributed by atoms with E-state index in [0.29, 0.717) is 13.2 Å². The van der Waals surface area contributed by atoms with Gasteiger partial charge in [-0.2, -0.15) is 0 Å². The SMILES string of the molecule is COc1ccc(C#CCCOCc2ccccc2)cc1. The molecule has 0 N–H and O–H groups in total. The molecule has 0 radical (unpaired) electrons. The van der Waals surface area contributed by atoms with E-state index in [4.69, 9.17) is 9.47 Å². The van der Waals surface area contributed by atoms with Crippen LogP contribution in [0.5, 0.6) is 5.75 Å². The van der Waals surface area contributed by atoms with Crippen molar-refractivity contribution in [3.63, 3.8) is 0 Å². The van der Waals surface area contributed by atoms with Gasteiger partial charge < -0.3 is 9.47 Å². The Morgan fingerprint density at radius 3 is 2.40 bits per heavy atom. The van der Waals surface area contributed by atoms with Crippen LogP contribution in [0.1, 0.15) is 17.5 Å². The Kier molecular flexibility index (Phi) is 5.70. The first kappa shape index (κ1) is 14.2. The van der Waals surface area contributed by atoms with Gasteiger partial charge in [0.2, 0.25) is 0 Å². The molecule has 2 heteroatoms. The fourth-order valence-corrected chi connectivity index (χ4v) is 1.73. The van der Waals surface area contributed by atoms with Gasteiger partial charge in [0, 0.05) is 12.0 Å². The summed E-state index contributed by atoms with van der Waals surface area (Å²) in [4.78, 5) is 0. The summed E-state index contributed by atoms with van der Waals surface area (Å²) in [6.07, 6.45) is 0.735. The van der Waals surface area contributed by atoms with Crippen molar-refractivity contribution in [2.75, 3.05) is 13.7 Å². The lowest BCUT2D eigenvalue weighted by molar-refractivity contribution is 0.126. The second-order valence-corrected chi connectivity index (χ2v) is 4.32. The van der Waals surface area contributed by atoms with Crippen LogP contribution < -0.4 is 4.74 Å². The molecule has 0 spiro atoms. The molecule has 102 valence electrons. The zero-order valence-corrected chi connectivity index (χ0v) is 11.6. The molecule has 0 saturated heterocycles. The second-order valence-electron chi connectivity index (χ2n) is 4.32. The van der Waals surface area contributed by atoms with Crippen molar-refractivity contribution in [2.24, 2.45) is 0 Å². The average molecular weight is 266 g/mol. The number of hydrogen-bond acceptors (Lipinski definition) is 2. The summed E-state index contributed by atoms with van der Waals surface area (Å²) >= 11 is 0. The number of hydrogen-bond donors (Lipinski definition) is 0. The van der Waals surface area contributed by atoms with Crippen LogP contribution in [0.2, 0.25) is 0 Å². The molecular formula is C18H18O2. The lowest BCUT2D eigenvalue weighted by Crippen LogP contribution is -1.94. The summed E-state index contributed by atoms with van der Waals surface area (Å²) in [5, 5.41) is 0. The molecule has 0 heterocycles. The number of benzene rings is 2. The molecule has 0 unspecified atom stereocenters. The van der Waals surface area contributed by atoms with Crippen LogP contribution in [-0.4, -0.2) is 13.7 Å². The van der Waals surface area contributed by atoms with E-state index in [2.05, 4.69) is 24.0 Å². The fraction of sp³-hybridized carbons (Fsp3) is 0.222. The predicted molar refractivity (Wildman–Crippen MR) is 80.6 cm³/mol. The van der Waals surface area contributed by atoms with Crippen LogP contribution in [0.4, 0.5) is 0 Å². The van der Waals surface area contributed by atoms with Gasteiger partial charge in [0.1, 0.15) is 5.75 Å². The zero-order chi connectivity index (χ0) is 14.0. The molecule has 0 saturated carbocycles. The molecule has 0 bridgehead atoms. The Labute approximate surface area is 120 Å². The first-order valence-corrected chi connectivity index (χ1v) is 6.63. The van der Waals surface area contributed by atoms with Crippen LogP contribution in [0, 0.1) is 11.8 Å². The molecule has 20 heavy (non-hydrogen) atoms. The Balaban J connectivity index is 1.69. The van der Waals surface area contributed by atoms with Gasteiger partial charge in [0.25, 0.3) is 0 Å². The third-order valence-electron chi connectivity index (χ3n) is 2.81. The monoisotopic (exact) mass is 266 g/mol. The van der Waals surface area contributed by atoms with Crippen molar-refractivity contribution in [1.29, 1.82) is 0 Å². The summed E-state index contributed by atoms with van der Waals surface area (Å²) in [5.74, 6) is 7.07. The van der Waals surface area contributed by atoms with E-state index in [9.17, 15) is 0 Å². The Morgan fingerprint density at radius 2 is 1.70 bits per heavy atom. The minimum absolute atomic E-state index is 0.644. The smallest absolute Gasteiger partial charge is 0.118 e. The van der Waals surface area contributed by atoms with E-state index < -0.39 is 0 Å². The van der Waals surface area contributed by atoms with Crippen molar-refractivity contribution in [3.8, 4) is 17.6 Å². The Hall–Kier alpha value is -2.24. The van der Waals surface area contributed by atoms with Gasteiger partial charge in [-0.3, -0.25) is 0 Å². The van der Waals surface area contributed by atoms with E-state index in [1.807, 2.05) is 42.5 Å². The minimum atomic E-state index is 0.644. The van der Waals surface area contributed by atoms with Gasteiger partial charge in [-0.1, -0.05) is 42.2 Å². The van der Waals surface area contributed by atoms with Crippen LogP contribution in [0.15, 0.2) is 54.6 Å². The third kappa shape index (κ3) is 4.79. The van der Waals surface area contributed by atoms with Crippen molar-refractivity contribution in [1.82, 2.24) is 0 Å². The standard InChI is InChI=1S/C18H18O2/c1-19-18-12-10-16(11-13-18)7-5-6-14-20-15-17-8-3-2-4-9-17/h2-4,8-13H,6,14-15H2,1H3. The summed E-state index contributed by atoms with van der Waals surface area (Å²) in [6.45, 7) is 1.29. The van der Waals surface area contributed by atoms with Gasteiger partial charge in [0.05, 0.1) is 20.3 Å². The van der Waals surface area contributed by atoms with Crippen LogP contribution in [-0.2, 0) is 11.3 Å². The van der Waals surface area contributed by atoms with Crippen molar-refractivity contribution < 1.29 is 9.47 Å². The lowest BCUT2D eigenvalue weighted by atomic mass is 10.2. The van der Waals surface area contributed by atoms with Gasteiger partial charge in [-0.25, -0.2) is 0 Å². The fourth-order valence-electron chi connectivity index (χ4n) is 1.73. The van der Waals surface area contributed by atoms with E-state index >= 15 is 0 Å². The van der Waals surface area contributed by atoms with Crippen LogP contribution >= 0.6 is 0 Å². The molecule has 2 nitrogen and oxygen atoms in total. The van der Waals surface area contributed by atoms with E-state index in [-0.39, 0.29) is 0 Å². The molecule has 2 rings (SSSR count). The minimum Gasteiger partial charge on any atom is -0.497 e. The highest BCUT2D eigenvalue weighted by Gasteiger charge is 1.91. The van der Waals surface area contributed by atoms with Crippen LogP contribution in [0.3, 0.4) is 0 Å². The maximum absolute atomic E-state index is 5.57. The Morgan fingerprint density at radius 1 is 0.950 bits per heavy atom. The normalized spacial score (nSPS) is 9.65. The molecule has 0 aliphatic rings. The first-order chi connectivity index (χ1) is 9.88. The molecule has 0 fully saturated rings. The van der Waals surface area contributed by atoms with E-state index in [1.54, 1.807) is 7.11 Å². The van der Waals surface area contributed by atoms with E-state index in [1.165, 1.54) is 5.56 Å². The first-order valence-electron chi connectivity index (χ1n) is 6.63. The van der Waals surface area contributed by atoms with E-state index in [0.717, 1.165) is 17.7 Å². The predicted octanol–water partition coefficient (Wildman–Crippen LogP) is 3.65. The molecule has 2 aromatic rings. The Bertz CT molecular complexity index is 562. The highest BCUT2D eigenvalue weighted by Crippen LogP contribution is 2.10. The molecule has 0 aromatic heterocycles. The molecule has 0 aliphatic heterocycles. The van der Waals surface area contributed by atoms with Crippen molar-refractivity contribution in [3.05, 3.63) is 65.7 Å². The van der Waals surface area contributed by atoms with Crippen molar-refractivity contribution >= 4 is 0 Å². The maximum Gasteiger partial charge on any atom is 0.118 e. The van der Waals surface area contributed by atoms with Crippen molar-refractivity contribution in [2.45, 2.75) is 13.0 Å². The number of ether oxygens (including phenoxy) is 2. The zero-order valence-electron chi connectivity index (χ0n) is 11.6. The number of rotatable bonds is 5. The second kappa shape index (κ2) is 8.04. The highest BCUT2D eigenvalue weighted by molar-refractivity contribution is 5.38. The number of methoxy groups -OCH3 is 1. The summed E-state index contributed by atoms with van der Waals surface area (Å²) in [6, 6.07) is 17.9. The van der Waals surface area contributed by atoms with Gasteiger partial charge in [-0.15, -0.1) is 0 Å². The third-order valence-corrected chi connectivity index (χ3v) is 2.81. The molecular weight excluding hydrogens is 248 g/mol.